The fraction of sp³-hybridized carbons (Fsp3) is 0.360. The van der Waals surface area contributed by atoms with Crippen molar-refractivity contribution in [1.82, 2.24) is 14.8 Å². The predicted octanol–water partition coefficient (Wildman–Crippen LogP) is 3.72. The van der Waals surface area contributed by atoms with Gasteiger partial charge in [0.1, 0.15) is 10.8 Å². The highest BCUT2D eigenvalue weighted by Gasteiger charge is 2.22. The first-order valence-corrected chi connectivity index (χ1v) is 11.8. The summed E-state index contributed by atoms with van der Waals surface area (Å²) in [7, 11) is 4.87. The zero-order valence-corrected chi connectivity index (χ0v) is 20.1. The van der Waals surface area contributed by atoms with Gasteiger partial charge in [-0.1, -0.05) is 6.07 Å². The number of aromatic nitrogens is 1. The molecule has 0 spiro atoms. The van der Waals surface area contributed by atoms with Crippen molar-refractivity contribution in [3.8, 4) is 27.8 Å². The minimum Gasteiger partial charge on any atom is -0.497 e. The van der Waals surface area contributed by atoms with E-state index in [4.69, 9.17) is 19.2 Å². The number of methoxy groups -OCH3 is 3. The van der Waals surface area contributed by atoms with Crippen molar-refractivity contribution in [2.45, 2.75) is 13.0 Å². The number of hydrogen-bond acceptors (Lipinski definition) is 7. The molecule has 0 saturated carbocycles. The topological polar surface area (TPSA) is 64.1 Å². The molecule has 3 aromatic rings. The number of carbonyl (C=O) groups is 1. The normalized spacial score (nSPS) is 14.2. The number of nitrogens with zero attached hydrogens (tertiary/aromatic N) is 3. The molecule has 0 radical (unpaired) electrons. The largest absolute Gasteiger partial charge is 0.497 e. The molecule has 0 atom stereocenters. The van der Waals surface area contributed by atoms with Crippen molar-refractivity contribution in [1.29, 1.82) is 0 Å². The maximum absolute atomic E-state index is 12.8. The van der Waals surface area contributed by atoms with E-state index in [0.717, 1.165) is 60.3 Å². The van der Waals surface area contributed by atoms with Crippen LogP contribution in [0.2, 0.25) is 0 Å². The SMILES string of the molecule is COc1ccc(-c2nc(CN3CCN(C(=O)Cc4ccc(OC)c(OC)c4)CC3)cs2)cc1. The van der Waals surface area contributed by atoms with E-state index in [-0.39, 0.29) is 5.91 Å². The molecular formula is C25H29N3O4S. The summed E-state index contributed by atoms with van der Waals surface area (Å²) in [6.07, 6.45) is 0.359. The van der Waals surface area contributed by atoms with E-state index in [1.165, 1.54) is 0 Å². The van der Waals surface area contributed by atoms with E-state index < -0.39 is 0 Å². The Hall–Kier alpha value is -3.10. The summed E-state index contributed by atoms with van der Waals surface area (Å²) >= 11 is 1.65. The number of ether oxygens (including phenoxy) is 3. The Kier molecular flexibility index (Phi) is 7.47. The first-order valence-electron chi connectivity index (χ1n) is 10.9. The van der Waals surface area contributed by atoms with Crippen molar-refractivity contribution in [2.24, 2.45) is 0 Å². The first kappa shape index (κ1) is 23.1. The molecule has 2 aromatic carbocycles. The number of benzene rings is 2. The second-order valence-corrected chi connectivity index (χ2v) is 8.75. The summed E-state index contributed by atoms with van der Waals surface area (Å²) < 4.78 is 15.8. The van der Waals surface area contributed by atoms with Crippen LogP contribution in [0, 0.1) is 0 Å². The number of thiazole rings is 1. The van der Waals surface area contributed by atoms with Crippen LogP contribution in [0.3, 0.4) is 0 Å². The summed E-state index contributed by atoms with van der Waals surface area (Å²) in [5.74, 6) is 2.29. The molecule has 1 aromatic heterocycles. The number of piperazine rings is 1. The predicted molar refractivity (Wildman–Crippen MR) is 129 cm³/mol. The lowest BCUT2D eigenvalue weighted by atomic mass is 10.1. The zero-order chi connectivity index (χ0) is 23.2. The first-order chi connectivity index (χ1) is 16.1. The van der Waals surface area contributed by atoms with Gasteiger partial charge in [0.25, 0.3) is 0 Å². The molecule has 1 amide bonds. The Labute approximate surface area is 198 Å². The van der Waals surface area contributed by atoms with Gasteiger partial charge in [-0.2, -0.15) is 0 Å². The Morgan fingerprint density at radius 1 is 0.939 bits per heavy atom. The van der Waals surface area contributed by atoms with Crippen LogP contribution in [0.5, 0.6) is 17.2 Å². The summed E-state index contributed by atoms with van der Waals surface area (Å²) in [5.41, 5.74) is 3.09. The van der Waals surface area contributed by atoms with Gasteiger partial charge < -0.3 is 19.1 Å². The molecule has 7 nitrogen and oxygen atoms in total. The molecule has 33 heavy (non-hydrogen) atoms. The van der Waals surface area contributed by atoms with Crippen molar-refractivity contribution in [3.63, 3.8) is 0 Å². The van der Waals surface area contributed by atoms with Gasteiger partial charge in [0, 0.05) is 43.7 Å². The van der Waals surface area contributed by atoms with E-state index >= 15 is 0 Å². The smallest absolute Gasteiger partial charge is 0.227 e. The molecule has 8 heteroatoms. The van der Waals surface area contributed by atoms with Gasteiger partial charge in [-0.3, -0.25) is 9.69 Å². The van der Waals surface area contributed by atoms with Crippen LogP contribution >= 0.6 is 11.3 Å². The zero-order valence-electron chi connectivity index (χ0n) is 19.2. The summed E-state index contributed by atoms with van der Waals surface area (Å²) in [6.45, 7) is 3.92. The lowest BCUT2D eigenvalue weighted by molar-refractivity contribution is -0.132. The standard InChI is InChI=1S/C25H29N3O4S/c1-30-21-7-5-19(6-8-21)25-26-20(17-33-25)16-27-10-12-28(13-11-27)24(29)15-18-4-9-22(31-2)23(14-18)32-3/h4-9,14,17H,10-13,15-16H2,1-3H3. The fourth-order valence-electron chi connectivity index (χ4n) is 3.91. The van der Waals surface area contributed by atoms with Crippen molar-refractivity contribution in [3.05, 3.63) is 59.1 Å². The van der Waals surface area contributed by atoms with Gasteiger partial charge in [0.2, 0.25) is 5.91 Å². The average molecular weight is 468 g/mol. The minimum absolute atomic E-state index is 0.136. The van der Waals surface area contributed by atoms with E-state index in [0.29, 0.717) is 17.9 Å². The van der Waals surface area contributed by atoms with E-state index in [9.17, 15) is 4.79 Å². The quantitative estimate of drug-likeness (QED) is 0.503. The van der Waals surface area contributed by atoms with Crippen LogP contribution < -0.4 is 14.2 Å². The molecular weight excluding hydrogens is 438 g/mol. The van der Waals surface area contributed by atoms with Crippen LogP contribution in [0.4, 0.5) is 0 Å². The maximum Gasteiger partial charge on any atom is 0.227 e. The third kappa shape index (κ3) is 5.64. The van der Waals surface area contributed by atoms with Crippen LogP contribution in [-0.4, -0.2) is 68.2 Å². The van der Waals surface area contributed by atoms with E-state index in [1.54, 1.807) is 32.7 Å². The molecule has 4 rings (SSSR count). The lowest BCUT2D eigenvalue weighted by Gasteiger charge is -2.34. The lowest BCUT2D eigenvalue weighted by Crippen LogP contribution is -2.48. The molecule has 1 aliphatic rings. The van der Waals surface area contributed by atoms with Crippen LogP contribution in [-0.2, 0) is 17.8 Å². The second kappa shape index (κ2) is 10.7. The molecule has 1 fully saturated rings. The minimum atomic E-state index is 0.136. The highest BCUT2D eigenvalue weighted by Crippen LogP contribution is 2.28. The molecule has 0 N–H and O–H groups in total. The summed E-state index contributed by atoms with van der Waals surface area (Å²) in [6, 6.07) is 13.6. The number of carbonyl (C=O) groups excluding carboxylic acids is 1. The fourth-order valence-corrected chi connectivity index (χ4v) is 4.72. The third-order valence-electron chi connectivity index (χ3n) is 5.80. The Morgan fingerprint density at radius 3 is 2.33 bits per heavy atom. The van der Waals surface area contributed by atoms with Gasteiger partial charge in [-0.05, 0) is 42.0 Å². The summed E-state index contributed by atoms with van der Waals surface area (Å²) in [4.78, 5) is 21.9. The van der Waals surface area contributed by atoms with Gasteiger partial charge in [-0.25, -0.2) is 4.98 Å². The molecule has 0 aliphatic carbocycles. The van der Waals surface area contributed by atoms with Crippen LogP contribution in [0.15, 0.2) is 47.8 Å². The third-order valence-corrected chi connectivity index (χ3v) is 6.74. The number of amides is 1. The van der Waals surface area contributed by atoms with Crippen molar-refractivity contribution in [2.75, 3.05) is 47.5 Å². The monoisotopic (exact) mass is 467 g/mol. The van der Waals surface area contributed by atoms with E-state index in [1.807, 2.05) is 47.4 Å². The molecule has 174 valence electrons. The molecule has 0 unspecified atom stereocenters. The van der Waals surface area contributed by atoms with Crippen LogP contribution in [0.25, 0.3) is 10.6 Å². The number of hydrogen-bond donors (Lipinski definition) is 0. The van der Waals surface area contributed by atoms with Gasteiger partial charge in [0.15, 0.2) is 11.5 Å². The van der Waals surface area contributed by atoms with Crippen molar-refractivity contribution >= 4 is 17.2 Å². The summed E-state index contributed by atoms with van der Waals surface area (Å²) in [5, 5.41) is 3.13. The molecule has 1 aliphatic heterocycles. The maximum atomic E-state index is 12.8. The highest BCUT2D eigenvalue weighted by atomic mass is 32.1. The van der Waals surface area contributed by atoms with Gasteiger partial charge in [-0.15, -0.1) is 11.3 Å². The molecule has 1 saturated heterocycles. The Bertz CT molecular complexity index is 1080. The molecule has 0 bridgehead atoms. The van der Waals surface area contributed by atoms with E-state index in [2.05, 4.69) is 10.3 Å². The van der Waals surface area contributed by atoms with Crippen LogP contribution in [0.1, 0.15) is 11.3 Å². The number of rotatable bonds is 8. The highest BCUT2D eigenvalue weighted by molar-refractivity contribution is 7.13. The second-order valence-electron chi connectivity index (χ2n) is 7.90. The van der Waals surface area contributed by atoms with Crippen molar-refractivity contribution < 1.29 is 19.0 Å². The Morgan fingerprint density at radius 2 is 1.67 bits per heavy atom. The molecule has 2 heterocycles. The Balaban J connectivity index is 1.28. The van der Waals surface area contributed by atoms with Gasteiger partial charge in [0.05, 0.1) is 33.4 Å². The van der Waals surface area contributed by atoms with Gasteiger partial charge >= 0.3 is 0 Å². The average Bonchev–Trinajstić information content (AvgIpc) is 3.32.